The van der Waals surface area contributed by atoms with Gasteiger partial charge < -0.3 is 5.11 Å². The molecule has 0 aromatic carbocycles. The van der Waals surface area contributed by atoms with Gasteiger partial charge in [-0.2, -0.15) is 13.2 Å². The highest BCUT2D eigenvalue weighted by atomic mass is 19.4. The van der Waals surface area contributed by atoms with Crippen molar-refractivity contribution in [1.29, 1.82) is 0 Å². The van der Waals surface area contributed by atoms with Crippen molar-refractivity contribution in [2.45, 2.75) is 25.7 Å². The minimum absolute atomic E-state index is 0.696. The molecule has 72 valence electrons. The van der Waals surface area contributed by atoms with E-state index in [-0.39, 0.29) is 0 Å². The van der Waals surface area contributed by atoms with Gasteiger partial charge in [-0.1, -0.05) is 0 Å². The first-order valence-electron chi connectivity index (χ1n) is 3.17. The number of aliphatic carboxylic acids is 1. The Hall–Kier alpha value is -0.810. The topological polar surface area (TPSA) is 37.3 Å². The third kappa shape index (κ3) is 3.54. The van der Waals surface area contributed by atoms with Gasteiger partial charge in [0.1, 0.15) is 6.17 Å². The first-order chi connectivity index (χ1) is 5.25. The highest BCUT2D eigenvalue weighted by Crippen LogP contribution is 2.32. The largest absolute Gasteiger partial charge is 0.481 e. The van der Waals surface area contributed by atoms with E-state index in [1.54, 1.807) is 0 Å². The average Bonchev–Trinajstić information content (AvgIpc) is 1.79. The number of carboxylic acids is 1. The quantitative estimate of drug-likeness (QED) is 0.687. The fraction of sp³-hybridized carbons (Fsp3) is 0.833. The second-order valence-electron chi connectivity index (χ2n) is 2.42. The molecule has 1 N–H and O–H groups in total. The zero-order chi connectivity index (χ0) is 9.94. The molecule has 0 aromatic rings. The van der Waals surface area contributed by atoms with Crippen LogP contribution in [0.3, 0.4) is 0 Å². The van der Waals surface area contributed by atoms with Crippen LogP contribution in [0.5, 0.6) is 0 Å². The molecule has 0 heterocycles. The molecule has 2 nitrogen and oxygen atoms in total. The smallest absolute Gasteiger partial charge is 0.395 e. The lowest BCUT2D eigenvalue weighted by atomic mass is 10.0. The summed E-state index contributed by atoms with van der Waals surface area (Å²) < 4.78 is 47.7. The predicted octanol–water partition coefficient (Wildman–Crippen LogP) is 2.00. The minimum atomic E-state index is -4.79. The van der Waals surface area contributed by atoms with Crippen molar-refractivity contribution in [3.05, 3.63) is 0 Å². The Labute approximate surface area is 66.2 Å². The minimum Gasteiger partial charge on any atom is -0.481 e. The van der Waals surface area contributed by atoms with Crippen LogP contribution in [-0.2, 0) is 4.79 Å². The molecule has 0 rings (SSSR count). The summed E-state index contributed by atoms with van der Waals surface area (Å²) >= 11 is 0. The van der Waals surface area contributed by atoms with Crippen LogP contribution >= 0.6 is 0 Å². The zero-order valence-electron chi connectivity index (χ0n) is 6.23. The van der Waals surface area contributed by atoms with Crippen LogP contribution in [0.25, 0.3) is 0 Å². The van der Waals surface area contributed by atoms with Gasteiger partial charge in [-0.05, 0) is 6.92 Å². The van der Waals surface area contributed by atoms with Crippen molar-refractivity contribution < 1.29 is 27.5 Å². The van der Waals surface area contributed by atoms with Crippen LogP contribution < -0.4 is 0 Å². The van der Waals surface area contributed by atoms with Gasteiger partial charge in [0.2, 0.25) is 0 Å². The molecule has 0 bridgehead atoms. The third-order valence-corrected chi connectivity index (χ3v) is 1.37. The van der Waals surface area contributed by atoms with Crippen LogP contribution in [-0.4, -0.2) is 23.4 Å². The zero-order valence-corrected chi connectivity index (χ0v) is 6.23. The van der Waals surface area contributed by atoms with E-state index in [1.807, 2.05) is 0 Å². The highest BCUT2D eigenvalue weighted by molar-refractivity contribution is 5.67. The lowest BCUT2D eigenvalue weighted by molar-refractivity contribution is -0.195. The molecule has 0 spiro atoms. The Kier molecular flexibility index (Phi) is 3.48. The number of hydrogen-bond acceptors (Lipinski definition) is 1. The van der Waals surface area contributed by atoms with E-state index in [4.69, 9.17) is 5.11 Å². The Balaban J connectivity index is 4.35. The van der Waals surface area contributed by atoms with Crippen LogP contribution in [0.1, 0.15) is 13.3 Å². The summed E-state index contributed by atoms with van der Waals surface area (Å²) in [5.41, 5.74) is 0. The van der Waals surface area contributed by atoms with Crippen molar-refractivity contribution >= 4 is 5.97 Å². The maximum Gasteiger partial charge on any atom is 0.395 e. The molecule has 12 heavy (non-hydrogen) atoms. The standard InChI is InChI=1S/C6H8F4O2/c1-3(7)4(2-5(11)12)6(8,9)10/h3-4H,2H2,1H3,(H,11,12). The van der Waals surface area contributed by atoms with Crippen LogP contribution in [0.4, 0.5) is 17.6 Å². The van der Waals surface area contributed by atoms with Crippen molar-refractivity contribution in [2.24, 2.45) is 5.92 Å². The molecule has 0 saturated heterocycles. The Morgan fingerprint density at radius 1 is 1.50 bits per heavy atom. The number of rotatable bonds is 3. The summed E-state index contributed by atoms with van der Waals surface area (Å²) in [6.07, 6.45) is -8.20. The van der Waals surface area contributed by atoms with E-state index in [0.29, 0.717) is 6.92 Å². The lowest BCUT2D eigenvalue weighted by Gasteiger charge is -2.19. The van der Waals surface area contributed by atoms with Crippen molar-refractivity contribution in [2.75, 3.05) is 0 Å². The van der Waals surface area contributed by atoms with Gasteiger partial charge in [-0.25, -0.2) is 4.39 Å². The maximum atomic E-state index is 12.2. The molecule has 0 saturated carbocycles. The van der Waals surface area contributed by atoms with E-state index in [0.717, 1.165) is 0 Å². The molecule has 0 aromatic heterocycles. The summed E-state index contributed by atoms with van der Waals surface area (Å²) in [4.78, 5) is 9.89. The van der Waals surface area contributed by atoms with E-state index < -0.39 is 30.7 Å². The average molecular weight is 188 g/mol. The number of halogens is 4. The van der Waals surface area contributed by atoms with Gasteiger partial charge in [0.25, 0.3) is 0 Å². The van der Waals surface area contributed by atoms with Gasteiger partial charge in [0.05, 0.1) is 12.3 Å². The summed E-state index contributed by atoms with van der Waals surface area (Å²) in [6, 6.07) is 0. The summed E-state index contributed by atoms with van der Waals surface area (Å²) in [5, 5.41) is 8.03. The van der Waals surface area contributed by atoms with Crippen molar-refractivity contribution in [3.63, 3.8) is 0 Å². The fourth-order valence-electron chi connectivity index (χ4n) is 0.727. The Morgan fingerprint density at radius 2 is 1.92 bits per heavy atom. The molecule has 0 radical (unpaired) electrons. The number of hydrogen-bond donors (Lipinski definition) is 1. The third-order valence-electron chi connectivity index (χ3n) is 1.37. The lowest BCUT2D eigenvalue weighted by Crippen LogP contribution is -2.32. The molecule has 6 heteroatoms. The van der Waals surface area contributed by atoms with Crippen LogP contribution in [0.2, 0.25) is 0 Å². The molecule has 0 fully saturated rings. The van der Waals surface area contributed by atoms with E-state index in [9.17, 15) is 22.4 Å². The van der Waals surface area contributed by atoms with Crippen molar-refractivity contribution in [3.8, 4) is 0 Å². The normalized spacial score (nSPS) is 17.1. The second-order valence-corrected chi connectivity index (χ2v) is 2.42. The molecule has 2 unspecified atom stereocenters. The van der Waals surface area contributed by atoms with Gasteiger partial charge in [0, 0.05) is 0 Å². The summed E-state index contributed by atoms with van der Waals surface area (Å²) in [6.45, 7) is 0.696. The molecule has 0 aliphatic heterocycles. The molecule has 2 atom stereocenters. The Bertz CT molecular complexity index is 163. The number of carbonyl (C=O) groups is 1. The molecular formula is C6H8F4O2. The maximum absolute atomic E-state index is 12.2. The van der Waals surface area contributed by atoms with E-state index in [2.05, 4.69) is 0 Å². The molecule has 0 aliphatic carbocycles. The SMILES string of the molecule is CC(F)C(CC(=O)O)C(F)(F)F. The number of carboxylic acid groups (broad SMARTS) is 1. The second kappa shape index (κ2) is 3.73. The molecular weight excluding hydrogens is 180 g/mol. The van der Waals surface area contributed by atoms with Crippen molar-refractivity contribution in [1.82, 2.24) is 0 Å². The number of alkyl halides is 4. The van der Waals surface area contributed by atoms with Gasteiger partial charge in [-0.3, -0.25) is 4.79 Å². The summed E-state index contributed by atoms with van der Waals surface area (Å²) in [7, 11) is 0. The summed E-state index contributed by atoms with van der Waals surface area (Å²) in [5.74, 6) is -4.06. The first-order valence-corrected chi connectivity index (χ1v) is 3.17. The highest BCUT2D eigenvalue weighted by Gasteiger charge is 2.44. The van der Waals surface area contributed by atoms with Gasteiger partial charge in [-0.15, -0.1) is 0 Å². The van der Waals surface area contributed by atoms with Crippen LogP contribution in [0.15, 0.2) is 0 Å². The predicted molar refractivity (Wildman–Crippen MR) is 32.4 cm³/mol. The molecule has 0 aliphatic rings. The fourth-order valence-corrected chi connectivity index (χ4v) is 0.727. The van der Waals surface area contributed by atoms with E-state index in [1.165, 1.54) is 0 Å². The van der Waals surface area contributed by atoms with E-state index >= 15 is 0 Å². The Morgan fingerprint density at radius 3 is 2.00 bits per heavy atom. The van der Waals surface area contributed by atoms with Gasteiger partial charge in [0.15, 0.2) is 0 Å². The first kappa shape index (κ1) is 11.2. The monoisotopic (exact) mass is 188 g/mol. The van der Waals surface area contributed by atoms with Gasteiger partial charge >= 0.3 is 12.1 Å². The molecule has 0 amide bonds. The van der Waals surface area contributed by atoms with Crippen LogP contribution in [0, 0.1) is 5.92 Å².